The number of hydrogen-bond donors (Lipinski definition) is 30. The fourth-order valence-electron chi connectivity index (χ4n) is 14.0. The van der Waals surface area contributed by atoms with Crippen LogP contribution >= 0.6 is 0 Å². The van der Waals surface area contributed by atoms with Gasteiger partial charge in [0.05, 0.1) is 72.1 Å². The Bertz CT molecular complexity index is 2920. The Kier molecular flexibility index (Phi) is 34.9. The summed E-state index contributed by atoms with van der Waals surface area (Å²) in [5, 5.41) is 296. The molecule has 0 aromatic rings. The first-order valence-corrected chi connectivity index (χ1v) is 35.6. The highest BCUT2D eigenvalue weighted by Crippen LogP contribution is 2.40. The fraction of sp³-hybridized carbons (Fsp3) is 0.935. The molecule has 30 N–H and O–H groups in total. The van der Waals surface area contributed by atoms with E-state index in [4.69, 9.17) is 75.8 Å². The minimum atomic E-state index is -2.60. The standard InChI is InChI=1S/C62H106N4O46/c1-15(76)63-19(5-67)32(81)48(20(80)6-68)106-55-29(64-16(2)77)38(87)51(27(13-75)102-55)109-60-47(96)52(110-62-54(44(93)36(85)24(10-72)101-62)112-57-31(66-18(4)79)40(89)50(26(12-74)104-57)108-59-46(95)42(91)34(83)22(8-70)99-59)37(86)28(105-60)14-97-61-53(43(92)35(84)23(9-71)100-61)111-56-30(65-17(3)78)39(88)49(25(11-73)103-56)107-58-45(94)41(90)33(82)21(7-69)98-58/h19-62,67-75,80-96H,5-14H2,1-4H3,(H,63,76)(H,64,77)(H,65,78)(H,66,79)/t19-,20+,21+,22+,23+,24+,25+,26+,27+,28+,29+,30+,31+,32+,33-,34-,35+,36+,37+,38+,39+,40+,41-,42-,43-,44-,45+,46+,47-,48+,49+,50+,51+,52-,53-,54-,55-,56-,57-,58-,59+,60-,61-,62+/m0/s1. The van der Waals surface area contributed by atoms with Gasteiger partial charge in [0.25, 0.3) is 0 Å². The van der Waals surface area contributed by atoms with Crippen molar-refractivity contribution in [1.29, 1.82) is 0 Å². The lowest BCUT2D eigenvalue weighted by atomic mass is 9.94. The van der Waals surface area contributed by atoms with Gasteiger partial charge in [-0.15, -0.1) is 0 Å². The molecule has 0 aliphatic carbocycles. The van der Waals surface area contributed by atoms with Crippen molar-refractivity contribution in [1.82, 2.24) is 21.3 Å². The summed E-state index contributed by atoms with van der Waals surface area (Å²) in [4.78, 5) is 50.8. The third kappa shape index (κ3) is 21.2. The quantitative estimate of drug-likeness (QED) is 0.0290. The zero-order chi connectivity index (χ0) is 82.9. The summed E-state index contributed by atoms with van der Waals surface area (Å²) in [5.74, 6) is -3.70. The van der Waals surface area contributed by atoms with E-state index in [-0.39, 0.29) is 0 Å². The topological polar surface area (TPSA) is 790 Å². The number of nitrogens with one attached hydrogen (secondary N) is 4. The summed E-state index contributed by atoms with van der Waals surface area (Å²) in [6, 6.07) is -7.50. The Balaban J connectivity index is 1.15. The van der Waals surface area contributed by atoms with Crippen LogP contribution in [0.1, 0.15) is 27.7 Å². The molecule has 50 nitrogen and oxygen atoms in total. The summed E-state index contributed by atoms with van der Waals surface area (Å²) < 4.78 is 94.8. The molecule has 0 bridgehead atoms. The van der Waals surface area contributed by atoms with Crippen LogP contribution in [0, 0.1) is 0 Å². The summed E-state index contributed by atoms with van der Waals surface area (Å²) in [7, 11) is 0. The predicted molar refractivity (Wildman–Crippen MR) is 346 cm³/mol. The van der Waals surface area contributed by atoms with E-state index in [2.05, 4.69) is 21.3 Å². The number of carbonyl (C=O) groups is 4. The van der Waals surface area contributed by atoms with E-state index < -0.39 is 360 Å². The molecule has 8 heterocycles. The van der Waals surface area contributed by atoms with Gasteiger partial charge in [0.1, 0.15) is 213 Å². The smallest absolute Gasteiger partial charge is 0.217 e. The highest BCUT2D eigenvalue weighted by Gasteiger charge is 2.61. The number of rotatable bonds is 33. The van der Waals surface area contributed by atoms with Crippen LogP contribution in [0.15, 0.2) is 0 Å². The maximum Gasteiger partial charge on any atom is 0.217 e. The molecule has 8 fully saturated rings. The van der Waals surface area contributed by atoms with Crippen LogP contribution in [0.4, 0.5) is 0 Å². The second kappa shape index (κ2) is 41.7. The van der Waals surface area contributed by atoms with E-state index in [0.29, 0.717) is 0 Å². The maximum atomic E-state index is 13.0. The molecule has 0 aromatic heterocycles. The minimum Gasteiger partial charge on any atom is -0.394 e. The van der Waals surface area contributed by atoms with Crippen LogP contribution < -0.4 is 21.3 Å². The van der Waals surface area contributed by atoms with Crippen molar-refractivity contribution >= 4 is 23.6 Å². The highest BCUT2D eigenvalue weighted by molar-refractivity contribution is 5.74. The second-order valence-electron chi connectivity index (χ2n) is 27.9. The number of hydrogen-bond acceptors (Lipinski definition) is 46. The van der Waals surface area contributed by atoms with Crippen LogP contribution in [0.2, 0.25) is 0 Å². The molecule has 4 amide bonds. The predicted octanol–water partition coefficient (Wildman–Crippen LogP) is -20.4. The molecule has 0 unspecified atom stereocenters. The van der Waals surface area contributed by atoms with Gasteiger partial charge in [-0.1, -0.05) is 0 Å². The van der Waals surface area contributed by atoms with Crippen LogP contribution in [0.5, 0.6) is 0 Å². The maximum absolute atomic E-state index is 13.0. The molecule has 8 aliphatic rings. The van der Waals surface area contributed by atoms with Crippen LogP contribution in [-0.4, -0.2) is 492 Å². The zero-order valence-electron chi connectivity index (χ0n) is 60.3. The molecule has 8 saturated heterocycles. The first-order valence-electron chi connectivity index (χ1n) is 35.6. The Labute approximate surface area is 634 Å². The van der Waals surface area contributed by atoms with Gasteiger partial charge >= 0.3 is 0 Å². The number of amides is 4. The van der Waals surface area contributed by atoms with Crippen LogP contribution in [-0.2, 0) is 95.0 Å². The largest absolute Gasteiger partial charge is 0.394 e. The SMILES string of the molecule is CC(=O)N[C@H]1[C@H](O[C@@H]([C@H](O)[C@H](CO)NC(C)=O)[C@H](O)CO)O[C@H](CO)[C@@H](O[C@@H]2O[C@H](CO[C@H]3O[C@H](CO)[C@@H](O)[C@H](O)[C@@H]3O[C@@H]3O[C@H](CO)[C@@H](O[C@@H]4O[C@H](CO)[C@H](O)[C@H](O)[C@H]4O)[C@H](O)[C@H]3NC(C)=O)[C@@H](O)[C@H](O[C@H]3O[C@H](CO)[C@@H](O)[C@H](O)[C@@H]3O[C@@H]3O[C@H](CO)[C@@H](O[C@H]4O[C@H](CO)[C@H](O)[C@H](O)[C@H]4O)[C@H](O)[C@H]3NC(C)=O)[C@@H]2O)[C@@H]1O. The van der Waals surface area contributed by atoms with Crippen molar-refractivity contribution in [2.75, 3.05) is 66.1 Å². The lowest BCUT2D eigenvalue weighted by Crippen LogP contribution is -2.70. The van der Waals surface area contributed by atoms with Crippen molar-refractivity contribution in [3.05, 3.63) is 0 Å². The van der Waals surface area contributed by atoms with Gasteiger partial charge in [-0.05, 0) is 0 Å². The summed E-state index contributed by atoms with van der Waals surface area (Å²) in [6.45, 7) is -7.39. The highest BCUT2D eigenvalue weighted by atomic mass is 16.8. The molecule has 44 atom stereocenters. The van der Waals surface area contributed by atoms with Crippen molar-refractivity contribution in [3.63, 3.8) is 0 Å². The van der Waals surface area contributed by atoms with Gasteiger partial charge < -0.3 is 230 Å². The fourth-order valence-corrected chi connectivity index (χ4v) is 14.0. The number of ether oxygens (including phenoxy) is 16. The van der Waals surface area contributed by atoms with Crippen molar-refractivity contribution in [2.24, 2.45) is 0 Å². The van der Waals surface area contributed by atoms with Gasteiger partial charge in [0.2, 0.25) is 23.6 Å². The number of aliphatic hydroxyl groups excluding tert-OH is 26. The normalized spacial score (nSPS) is 45.9. The minimum absolute atomic E-state index is 0.813. The molecule has 8 rings (SSSR count). The molecular weight excluding hydrogens is 1540 g/mol. The molecule has 0 spiro atoms. The van der Waals surface area contributed by atoms with E-state index in [9.17, 15) is 152 Å². The average Bonchev–Trinajstić information content (AvgIpc) is 0.771. The van der Waals surface area contributed by atoms with E-state index in [1.165, 1.54) is 0 Å². The van der Waals surface area contributed by atoms with Crippen molar-refractivity contribution < 1.29 is 228 Å². The molecular formula is C62H106N4O46. The number of carbonyl (C=O) groups excluding carboxylic acids is 4. The lowest BCUT2D eigenvalue weighted by molar-refractivity contribution is -0.398. The van der Waals surface area contributed by atoms with Gasteiger partial charge in [-0.2, -0.15) is 0 Å². The zero-order valence-corrected chi connectivity index (χ0v) is 60.3. The molecule has 650 valence electrons. The lowest BCUT2D eigenvalue weighted by Gasteiger charge is -2.51. The van der Waals surface area contributed by atoms with E-state index in [0.717, 1.165) is 27.7 Å². The molecule has 0 saturated carbocycles. The third-order valence-corrected chi connectivity index (χ3v) is 20.0. The average molecular weight is 1640 g/mol. The first-order chi connectivity index (χ1) is 53.0. The van der Waals surface area contributed by atoms with Gasteiger partial charge in [0, 0.05) is 27.7 Å². The van der Waals surface area contributed by atoms with Gasteiger partial charge in [-0.25, -0.2) is 0 Å². The summed E-state index contributed by atoms with van der Waals surface area (Å²) >= 11 is 0. The molecule has 112 heavy (non-hydrogen) atoms. The first kappa shape index (κ1) is 93.7. The van der Waals surface area contributed by atoms with Crippen LogP contribution in [0.3, 0.4) is 0 Å². The Morgan fingerprint density at radius 1 is 0.304 bits per heavy atom. The van der Waals surface area contributed by atoms with Gasteiger partial charge in [0.15, 0.2) is 50.3 Å². The molecule has 0 radical (unpaired) electrons. The summed E-state index contributed by atoms with van der Waals surface area (Å²) in [6.07, 6.45) is -84.7. The Hall–Kier alpha value is -3.80. The van der Waals surface area contributed by atoms with E-state index in [1.807, 2.05) is 0 Å². The Morgan fingerprint density at radius 2 is 0.616 bits per heavy atom. The third-order valence-electron chi connectivity index (χ3n) is 20.0. The van der Waals surface area contributed by atoms with Crippen molar-refractivity contribution in [3.8, 4) is 0 Å². The molecule has 0 aromatic carbocycles. The summed E-state index contributed by atoms with van der Waals surface area (Å²) in [5.41, 5.74) is 0. The number of aliphatic hydroxyl groups is 26. The molecule has 8 aliphatic heterocycles. The molecule has 50 heteroatoms. The van der Waals surface area contributed by atoms with Crippen LogP contribution in [0.25, 0.3) is 0 Å². The van der Waals surface area contributed by atoms with Gasteiger partial charge in [-0.3, -0.25) is 19.2 Å². The van der Waals surface area contributed by atoms with Crippen molar-refractivity contribution in [2.45, 2.75) is 298 Å². The monoisotopic (exact) mass is 1640 g/mol. The Morgan fingerprint density at radius 3 is 0.982 bits per heavy atom. The van der Waals surface area contributed by atoms with E-state index in [1.54, 1.807) is 0 Å². The van der Waals surface area contributed by atoms with E-state index >= 15 is 0 Å². The second-order valence-corrected chi connectivity index (χ2v) is 27.9.